The van der Waals surface area contributed by atoms with Gasteiger partial charge in [-0.15, -0.1) is 11.8 Å². The van der Waals surface area contributed by atoms with Crippen LogP contribution in [0, 0.1) is 11.3 Å². The van der Waals surface area contributed by atoms with E-state index in [4.69, 9.17) is 17.0 Å². The van der Waals surface area contributed by atoms with Crippen molar-refractivity contribution in [2.45, 2.75) is 25.7 Å². The van der Waals surface area contributed by atoms with Crippen LogP contribution in [0.5, 0.6) is 0 Å². The minimum Gasteiger partial charge on any atom is -0.381 e. The van der Waals surface area contributed by atoms with Gasteiger partial charge in [-0.1, -0.05) is 12.2 Å². The lowest BCUT2D eigenvalue weighted by molar-refractivity contribution is 0.143. The molecule has 0 aromatic heterocycles. The molecular weight excluding hydrogens is 200 g/mol. The molecule has 1 aliphatic carbocycles. The standard InChI is InChI=1S/C10H16OS2/c1-13-9(12)3-2-4-10-5-8(10)6-11-7-10/h8H,2-7H2,1H3. The van der Waals surface area contributed by atoms with E-state index in [2.05, 4.69) is 6.26 Å². The minimum absolute atomic E-state index is 0.605. The Kier molecular flexibility index (Phi) is 2.96. The van der Waals surface area contributed by atoms with Crippen molar-refractivity contribution in [2.75, 3.05) is 19.5 Å². The lowest BCUT2D eigenvalue weighted by Crippen LogP contribution is -2.05. The van der Waals surface area contributed by atoms with Crippen LogP contribution in [0.2, 0.25) is 0 Å². The zero-order valence-electron chi connectivity index (χ0n) is 8.04. The van der Waals surface area contributed by atoms with Crippen molar-refractivity contribution < 1.29 is 4.74 Å². The molecule has 0 radical (unpaired) electrons. The van der Waals surface area contributed by atoms with E-state index in [-0.39, 0.29) is 0 Å². The van der Waals surface area contributed by atoms with E-state index in [0.29, 0.717) is 5.41 Å². The van der Waals surface area contributed by atoms with Crippen LogP contribution in [-0.2, 0) is 4.74 Å². The molecule has 0 bridgehead atoms. The Morgan fingerprint density at radius 2 is 2.54 bits per heavy atom. The largest absolute Gasteiger partial charge is 0.381 e. The molecular formula is C10H16OS2. The fourth-order valence-electron chi connectivity index (χ4n) is 2.31. The van der Waals surface area contributed by atoms with Gasteiger partial charge in [0.05, 0.1) is 13.2 Å². The summed E-state index contributed by atoms with van der Waals surface area (Å²) in [6.45, 7) is 2.04. The molecule has 74 valence electrons. The molecule has 1 saturated carbocycles. The van der Waals surface area contributed by atoms with Crippen LogP contribution in [0.25, 0.3) is 0 Å². The lowest BCUT2D eigenvalue weighted by atomic mass is 9.99. The van der Waals surface area contributed by atoms with Gasteiger partial charge < -0.3 is 4.74 Å². The maximum Gasteiger partial charge on any atom is 0.0526 e. The van der Waals surface area contributed by atoms with Gasteiger partial charge in [-0.25, -0.2) is 0 Å². The van der Waals surface area contributed by atoms with Gasteiger partial charge in [-0.05, 0) is 43.3 Å². The number of hydrogen-bond acceptors (Lipinski definition) is 3. The highest BCUT2D eigenvalue weighted by Crippen LogP contribution is 2.59. The van der Waals surface area contributed by atoms with Crippen molar-refractivity contribution in [3.8, 4) is 0 Å². The number of thiocarbonyl (C=S) groups is 1. The summed E-state index contributed by atoms with van der Waals surface area (Å²) in [6.07, 6.45) is 7.20. The van der Waals surface area contributed by atoms with E-state index < -0.39 is 0 Å². The topological polar surface area (TPSA) is 9.23 Å². The zero-order chi connectivity index (χ0) is 9.31. The molecule has 2 unspecified atom stereocenters. The van der Waals surface area contributed by atoms with Gasteiger partial charge in [0.25, 0.3) is 0 Å². The SMILES string of the molecule is CSC(=S)CCCC12COCC1C2. The molecule has 2 aliphatic rings. The second-order valence-electron chi connectivity index (χ2n) is 4.21. The van der Waals surface area contributed by atoms with E-state index in [1.54, 1.807) is 11.8 Å². The Hall–Kier alpha value is 0.400. The molecule has 2 fully saturated rings. The van der Waals surface area contributed by atoms with E-state index in [1.807, 2.05) is 0 Å². The van der Waals surface area contributed by atoms with Crippen molar-refractivity contribution >= 4 is 28.2 Å². The first-order chi connectivity index (χ1) is 6.27. The van der Waals surface area contributed by atoms with Crippen molar-refractivity contribution in [3.05, 3.63) is 0 Å². The number of thioether (sulfide) groups is 1. The molecule has 0 N–H and O–H groups in total. The lowest BCUT2D eigenvalue weighted by Gasteiger charge is -2.09. The molecule has 2 atom stereocenters. The Labute approximate surface area is 89.6 Å². The summed E-state index contributed by atoms with van der Waals surface area (Å²) in [5.74, 6) is 0.898. The summed E-state index contributed by atoms with van der Waals surface area (Å²) in [7, 11) is 0. The molecule has 0 amide bonds. The summed E-state index contributed by atoms with van der Waals surface area (Å²) < 4.78 is 6.62. The minimum atomic E-state index is 0.605. The fraction of sp³-hybridized carbons (Fsp3) is 0.900. The maximum atomic E-state index is 5.46. The number of fused-ring (bicyclic) bond motifs is 1. The predicted molar refractivity (Wildman–Crippen MR) is 61.3 cm³/mol. The van der Waals surface area contributed by atoms with Crippen molar-refractivity contribution in [1.29, 1.82) is 0 Å². The zero-order valence-corrected chi connectivity index (χ0v) is 9.68. The van der Waals surface area contributed by atoms with Crippen LogP contribution >= 0.6 is 24.0 Å². The molecule has 1 nitrogen and oxygen atoms in total. The smallest absolute Gasteiger partial charge is 0.0526 e. The second-order valence-corrected chi connectivity index (χ2v) is 5.86. The molecule has 0 aromatic carbocycles. The third kappa shape index (κ3) is 2.08. The maximum absolute atomic E-state index is 5.46. The molecule has 2 rings (SSSR count). The Morgan fingerprint density at radius 3 is 3.08 bits per heavy atom. The highest BCUT2D eigenvalue weighted by atomic mass is 32.2. The van der Waals surface area contributed by atoms with E-state index >= 15 is 0 Å². The van der Waals surface area contributed by atoms with Crippen LogP contribution in [-0.4, -0.2) is 23.7 Å². The third-order valence-electron chi connectivity index (χ3n) is 3.35. The van der Waals surface area contributed by atoms with Crippen LogP contribution in [0.15, 0.2) is 0 Å². The number of hydrogen-bond donors (Lipinski definition) is 0. The molecule has 13 heavy (non-hydrogen) atoms. The van der Waals surface area contributed by atoms with Crippen LogP contribution < -0.4 is 0 Å². The first-order valence-electron chi connectivity index (χ1n) is 4.91. The molecule has 3 heteroatoms. The second kappa shape index (κ2) is 3.87. The predicted octanol–water partition coefficient (Wildman–Crippen LogP) is 2.88. The third-order valence-corrected chi connectivity index (χ3v) is 4.71. The quantitative estimate of drug-likeness (QED) is 0.669. The summed E-state index contributed by atoms with van der Waals surface area (Å²) in [5.41, 5.74) is 0.605. The van der Waals surface area contributed by atoms with Crippen LogP contribution in [0.1, 0.15) is 25.7 Å². The average Bonchev–Trinajstić information content (AvgIpc) is 2.68. The molecule has 0 aromatic rings. The van der Waals surface area contributed by atoms with Crippen LogP contribution in [0.3, 0.4) is 0 Å². The van der Waals surface area contributed by atoms with Gasteiger partial charge >= 0.3 is 0 Å². The summed E-state index contributed by atoms with van der Waals surface area (Å²) in [6, 6.07) is 0. The normalized spacial score (nSPS) is 35.9. The van der Waals surface area contributed by atoms with Crippen molar-refractivity contribution in [1.82, 2.24) is 0 Å². The number of rotatable bonds is 4. The first kappa shape index (κ1) is 9.94. The average molecular weight is 216 g/mol. The Balaban J connectivity index is 1.66. The monoisotopic (exact) mass is 216 g/mol. The number of ether oxygens (including phenoxy) is 1. The van der Waals surface area contributed by atoms with Crippen molar-refractivity contribution in [3.63, 3.8) is 0 Å². The van der Waals surface area contributed by atoms with Gasteiger partial charge in [0.2, 0.25) is 0 Å². The van der Waals surface area contributed by atoms with Gasteiger partial charge in [0, 0.05) is 4.20 Å². The van der Waals surface area contributed by atoms with Gasteiger partial charge in [-0.3, -0.25) is 0 Å². The van der Waals surface area contributed by atoms with E-state index in [9.17, 15) is 0 Å². The molecule has 1 heterocycles. The highest BCUT2D eigenvalue weighted by Gasteiger charge is 2.57. The molecule has 1 aliphatic heterocycles. The van der Waals surface area contributed by atoms with Gasteiger partial charge in [0.15, 0.2) is 0 Å². The highest BCUT2D eigenvalue weighted by molar-refractivity contribution is 8.22. The Bertz CT molecular complexity index is 217. The summed E-state index contributed by atoms with van der Waals surface area (Å²) in [4.78, 5) is 0. The molecule has 1 saturated heterocycles. The molecule has 0 spiro atoms. The first-order valence-corrected chi connectivity index (χ1v) is 6.55. The van der Waals surface area contributed by atoms with Gasteiger partial charge in [-0.2, -0.15) is 0 Å². The fourth-order valence-corrected chi connectivity index (χ4v) is 2.81. The van der Waals surface area contributed by atoms with E-state index in [0.717, 1.165) is 29.7 Å². The van der Waals surface area contributed by atoms with E-state index in [1.165, 1.54) is 19.3 Å². The van der Waals surface area contributed by atoms with Crippen molar-refractivity contribution in [2.24, 2.45) is 11.3 Å². The van der Waals surface area contributed by atoms with Crippen LogP contribution in [0.4, 0.5) is 0 Å². The summed E-state index contributed by atoms with van der Waals surface area (Å²) >= 11 is 6.90. The summed E-state index contributed by atoms with van der Waals surface area (Å²) in [5, 5.41) is 0. The Morgan fingerprint density at radius 1 is 1.69 bits per heavy atom. The van der Waals surface area contributed by atoms with Gasteiger partial charge in [0.1, 0.15) is 0 Å².